The average Bonchev–Trinajstić information content (AvgIpc) is 2.99. The molecule has 0 bridgehead atoms. The van der Waals surface area contributed by atoms with Gasteiger partial charge in [0.05, 0.1) is 19.8 Å². The summed E-state index contributed by atoms with van der Waals surface area (Å²) in [6, 6.07) is 25.2. The molecular weight excluding hydrogens is 625 g/mol. The molecule has 0 heterocycles. The van der Waals surface area contributed by atoms with Crippen LogP contribution in [0.1, 0.15) is 69.8 Å². The van der Waals surface area contributed by atoms with E-state index in [9.17, 15) is 0 Å². The Balaban J connectivity index is 0.000000437. The van der Waals surface area contributed by atoms with Crippen molar-refractivity contribution in [2.45, 2.75) is 75.5 Å². The maximum atomic E-state index is 5.80. The van der Waals surface area contributed by atoms with Crippen LogP contribution in [0.3, 0.4) is 0 Å². The SMILES string of the molecule is COc1cccc(OC)c1-c1ccccc1P(C1CCCCC1)C1CCCCC1.[CH-]=[C-][CH-]c1ccccc1.[Cl-].[Pd]. The van der Waals surface area contributed by atoms with Gasteiger partial charge in [0.15, 0.2) is 0 Å². The quantitative estimate of drug-likeness (QED) is 0.163. The summed E-state index contributed by atoms with van der Waals surface area (Å²) in [6.45, 7) is 5.05. The van der Waals surface area contributed by atoms with Gasteiger partial charge in [0, 0.05) is 20.4 Å². The first-order valence-corrected chi connectivity index (χ1v) is 15.7. The Bertz CT molecular complexity index is 1090. The van der Waals surface area contributed by atoms with E-state index in [1.54, 1.807) is 25.9 Å². The van der Waals surface area contributed by atoms with Crippen LogP contribution >= 0.6 is 7.92 Å². The van der Waals surface area contributed by atoms with Crippen molar-refractivity contribution in [3.05, 3.63) is 97.4 Å². The Morgan fingerprint density at radius 2 is 1.20 bits per heavy atom. The Labute approximate surface area is 264 Å². The van der Waals surface area contributed by atoms with Crippen molar-refractivity contribution in [3.63, 3.8) is 0 Å². The van der Waals surface area contributed by atoms with Crippen molar-refractivity contribution in [1.82, 2.24) is 0 Å². The molecule has 0 aromatic heterocycles. The summed E-state index contributed by atoms with van der Waals surface area (Å²) in [5, 5.41) is 1.59. The van der Waals surface area contributed by atoms with Crippen molar-refractivity contribution >= 4 is 13.2 Å². The minimum atomic E-state index is -0.182. The largest absolute Gasteiger partial charge is 1.00 e. The third-order valence-corrected chi connectivity index (χ3v) is 11.4. The molecule has 220 valence electrons. The zero-order valence-corrected chi connectivity index (χ0v) is 27.0. The molecule has 2 saturated carbocycles. The molecule has 3 aromatic rings. The molecule has 2 nitrogen and oxygen atoms in total. The van der Waals surface area contributed by atoms with Gasteiger partial charge in [-0.1, -0.05) is 95.0 Å². The van der Waals surface area contributed by atoms with Gasteiger partial charge in [-0.15, -0.1) is 0 Å². The average molecular weight is 668 g/mol. The van der Waals surface area contributed by atoms with Crippen molar-refractivity contribution in [1.29, 1.82) is 0 Å². The van der Waals surface area contributed by atoms with Crippen LogP contribution < -0.4 is 27.2 Å². The van der Waals surface area contributed by atoms with Gasteiger partial charge in [-0.3, -0.25) is 0 Å². The molecule has 5 rings (SSSR count). The number of ether oxygens (including phenoxy) is 2. The fraction of sp³-hybridized carbons (Fsp3) is 0.400. The van der Waals surface area contributed by atoms with Gasteiger partial charge < -0.3 is 46.5 Å². The summed E-state index contributed by atoms with van der Waals surface area (Å²) in [6.07, 6.45) is 18.4. The normalized spacial score (nSPS) is 15.5. The van der Waals surface area contributed by atoms with Gasteiger partial charge in [0.1, 0.15) is 11.5 Å². The van der Waals surface area contributed by atoms with E-state index in [2.05, 4.69) is 42.5 Å². The second-order valence-electron chi connectivity index (χ2n) is 10.3. The van der Waals surface area contributed by atoms with Crippen LogP contribution in [0.4, 0.5) is 0 Å². The van der Waals surface area contributed by atoms with E-state index in [0.29, 0.717) is 0 Å². The van der Waals surface area contributed by atoms with E-state index in [1.807, 2.05) is 36.4 Å². The fourth-order valence-corrected chi connectivity index (χ4v) is 10.0. The number of allylic oxidation sites excluding steroid dienone is 1. The molecule has 0 radical (unpaired) electrons. The molecule has 2 aliphatic rings. The number of benzene rings is 3. The summed E-state index contributed by atoms with van der Waals surface area (Å²) in [4.78, 5) is 0. The first kappa shape index (κ1) is 34.5. The minimum absolute atomic E-state index is 0. The first-order valence-electron chi connectivity index (χ1n) is 14.2. The third-order valence-electron chi connectivity index (χ3n) is 7.87. The number of hydrogen-bond acceptors (Lipinski definition) is 2. The number of halogens is 1. The van der Waals surface area contributed by atoms with Gasteiger partial charge in [-0.2, -0.15) is 12.1 Å². The molecule has 3 aromatic carbocycles. The van der Waals surface area contributed by atoms with Gasteiger partial charge in [0.25, 0.3) is 0 Å². The predicted octanol–water partition coefficient (Wildman–Crippen LogP) is 6.18. The van der Waals surface area contributed by atoms with Crippen molar-refractivity contribution < 1.29 is 42.3 Å². The van der Waals surface area contributed by atoms with Gasteiger partial charge in [0.2, 0.25) is 0 Å². The third kappa shape index (κ3) is 9.13. The summed E-state index contributed by atoms with van der Waals surface area (Å²) in [5.74, 6) is 1.83. The Kier molecular flexibility index (Phi) is 16.1. The van der Waals surface area contributed by atoms with Crippen LogP contribution in [-0.2, 0) is 20.4 Å². The molecule has 0 saturated heterocycles. The van der Waals surface area contributed by atoms with Crippen LogP contribution in [0.5, 0.6) is 11.5 Å². The Hall–Kier alpha value is -1.75. The number of methoxy groups -OCH3 is 2. The monoisotopic (exact) mass is 666 g/mol. The maximum Gasteiger partial charge on any atom is 0.130 e. The van der Waals surface area contributed by atoms with Crippen LogP contribution in [0.15, 0.2) is 72.8 Å². The molecule has 0 N–H and O–H groups in total. The summed E-state index contributed by atoms with van der Waals surface area (Å²) in [5.41, 5.74) is 5.31. The van der Waals surface area contributed by atoms with Crippen molar-refractivity contribution in [2.24, 2.45) is 0 Å². The molecule has 0 unspecified atom stereocenters. The summed E-state index contributed by atoms with van der Waals surface area (Å²) < 4.78 is 11.6. The van der Waals surface area contributed by atoms with E-state index >= 15 is 0 Å². The van der Waals surface area contributed by atoms with Gasteiger partial charge in [-0.05, 0) is 60.0 Å². The molecule has 0 aliphatic heterocycles. The summed E-state index contributed by atoms with van der Waals surface area (Å²) in [7, 11) is 3.36. The van der Waals surface area contributed by atoms with Gasteiger partial charge >= 0.3 is 0 Å². The zero-order chi connectivity index (χ0) is 26.6. The van der Waals surface area contributed by atoms with Crippen LogP contribution in [0, 0.1) is 19.1 Å². The van der Waals surface area contributed by atoms with Gasteiger partial charge in [-0.25, -0.2) is 0 Å². The van der Waals surface area contributed by atoms with E-state index < -0.39 is 0 Å². The van der Waals surface area contributed by atoms with E-state index in [0.717, 1.165) is 33.9 Å². The molecule has 5 heteroatoms. The molecule has 0 spiro atoms. The van der Waals surface area contributed by atoms with Crippen molar-refractivity contribution in [2.75, 3.05) is 14.2 Å². The molecular formula is C35H42ClO2PPd-4. The Morgan fingerprint density at radius 3 is 1.70 bits per heavy atom. The molecule has 2 aliphatic carbocycles. The molecule has 2 fully saturated rings. The van der Waals surface area contributed by atoms with Crippen LogP contribution in [0.25, 0.3) is 11.1 Å². The fourth-order valence-electron chi connectivity index (χ4n) is 6.08. The van der Waals surface area contributed by atoms with Crippen LogP contribution in [0.2, 0.25) is 0 Å². The smallest absolute Gasteiger partial charge is 0.130 e. The second-order valence-corrected chi connectivity index (χ2v) is 13.0. The van der Waals surface area contributed by atoms with Crippen LogP contribution in [-0.4, -0.2) is 25.5 Å². The van der Waals surface area contributed by atoms with E-state index in [-0.39, 0.29) is 40.8 Å². The Morgan fingerprint density at radius 1 is 0.700 bits per heavy atom. The topological polar surface area (TPSA) is 18.5 Å². The van der Waals surface area contributed by atoms with E-state index in [4.69, 9.17) is 16.1 Å². The second kappa shape index (κ2) is 18.6. The first-order chi connectivity index (χ1) is 18.8. The number of rotatable bonds is 8. The molecule has 0 amide bonds. The molecule has 40 heavy (non-hydrogen) atoms. The summed E-state index contributed by atoms with van der Waals surface area (Å²) >= 11 is 0. The predicted molar refractivity (Wildman–Crippen MR) is 163 cm³/mol. The zero-order valence-electron chi connectivity index (χ0n) is 23.8. The number of hydrogen-bond donors (Lipinski definition) is 0. The van der Waals surface area contributed by atoms with E-state index in [1.165, 1.54) is 69.8 Å². The minimum Gasteiger partial charge on any atom is -1.00 e. The van der Waals surface area contributed by atoms with Crippen molar-refractivity contribution in [3.8, 4) is 22.6 Å². The molecule has 0 atom stereocenters. The maximum absolute atomic E-state index is 5.80. The standard InChI is InChI=1S/C26H35O2P.C9H7.ClH.Pd/c1-27-23-17-11-18-24(28-2)26(23)22-16-9-10-19-25(22)29(20-12-5-3-6-13-20)21-14-7-4-8-15-21;1-2-6-9-7-4-3-5-8-9;;/h9-11,16-21H,3-8,12-15H2,1-2H3;1,3-8H;1H;/q;-3;;/p-1.